The number of sulfonamides is 1. The molecule has 0 bridgehead atoms. The number of esters is 1. The third kappa shape index (κ3) is 4.40. The van der Waals surface area contributed by atoms with Gasteiger partial charge in [0.05, 0.1) is 26.2 Å². The Labute approximate surface area is 152 Å². The lowest BCUT2D eigenvalue weighted by molar-refractivity contribution is -0.118. The molecule has 0 aliphatic carbocycles. The number of aryl methyl sites for hydroxylation is 1. The zero-order valence-corrected chi connectivity index (χ0v) is 15.4. The summed E-state index contributed by atoms with van der Waals surface area (Å²) in [6, 6.07) is 10.7. The summed E-state index contributed by atoms with van der Waals surface area (Å²) in [6.45, 7) is 1.86. The quantitative estimate of drug-likeness (QED) is 0.771. The monoisotopic (exact) mass is 377 g/mol. The van der Waals surface area contributed by atoms with E-state index < -0.39 is 21.9 Å². The third-order valence-corrected chi connectivity index (χ3v) is 5.10. The van der Waals surface area contributed by atoms with Crippen LogP contribution < -0.4 is 9.46 Å². The van der Waals surface area contributed by atoms with Gasteiger partial charge in [-0.15, -0.1) is 0 Å². The van der Waals surface area contributed by atoms with Gasteiger partial charge in [0.1, 0.15) is 10.6 Å². The Kier molecular flexibility index (Phi) is 5.99. The van der Waals surface area contributed by atoms with Crippen molar-refractivity contribution >= 4 is 21.9 Å². The predicted octanol–water partition coefficient (Wildman–Crippen LogP) is 1.84. The summed E-state index contributed by atoms with van der Waals surface area (Å²) in [6.07, 6.45) is -0.156. The number of hydrogen-bond acceptors (Lipinski definition) is 6. The number of carbonyl (C=O) groups excluding carboxylic acids is 2. The zero-order valence-electron chi connectivity index (χ0n) is 14.6. The fourth-order valence-electron chi connectivity index (χ4n) is 2.38. The molecule has 2 aromatic rings. The van der Waals surface area contributed by atoms with E-state index in [2.05, 4.69) is 4.74 Å². The predicted molar refractivity (Wildman–Crippen MR) is 94.5 cm³/mol. The van der Waals surface area contributed by atoms with Crippen LogP contribution in [0.3, 0.4) is 0 Å². The molecule has 0 aliphatic heterocycles. The molecule has 8 heteroatoms. The first-order valence-electron chi connectivity index (χ1n) is 7.65. The normalized spacial score (nSPS) is 10.9. The Morgan fingerprint density at radius 2 is 1.77 bits per heavy atom. The molecule has 0 saturated carbocycles. The van der Waals surface area contributed by atoms with Gasteiger partial charge >= 0.3 is 5.97 Å². The van der Waals surface area contributed by atoms with Crippen molar-refractivity contribution in [3.63, 3.8) is 0 Å². The number of hydrogen-bond donors (Lipinski definition) is 1. The van der Waals surface area contributed by atoms with Gasteiger partial charge in [-0.3, -0.25) is 4.79 Å². The van der Waals surface area contributed by atoms with Crippen LogP contribution in [0.4, 0.5) is 0 Å². The van der Waals surface area contributed by atoms with Gasteiger partial charge in [-0.05, 0) is 36.2 Å². The van der Waals surface area contributed by atoms with Crippen molar-refractivity contribution < 1.29 is 27.5 Å². The van der Waals surface area contributed by atoms with Crippen molar-refractivity contribution in [2.75, 3.05) is 14.2 Å². The molecule has 2 rings (SSSR count). The van der Waals surface area contributed by atoms with Crippen LogP contribution in [-0.4, -0.2) is 34.5 Å². The van der Waals surface area contributed by atoms with Crippen LogP contribution in [0.15, 0.2) is 47.4 Å². The van der Waals surface area contributed by atoms with Gasteiger partial charge in [-0.25, -0.2) is 17.9 Å². The molecule has 7 nitrogen and oxygen atoms in total. The Morgan fingerprint density at radius 3 is 2.42 bits per heavy atom. The minimum absolute atomic E-state index is 0.146. The molecule has 26 heavy (non-hydrogen) atoms. The summed E-state index contributed by atoms with van der Waals surface area (Å²) in [4.78, 5) is 23.6. The Balaban J connectivity index is 2.22. The van der Waals surface area contributed by atoms with E-state index >= 15 is 0 Å². The fraction of sp³-hybridized carbons (Fsp3) is 0.222. The van der Waals surface area contributed by atoms with E-state index in [0.29, 0.717) is 11.3 Å². The van der Waals surface area contributed by atoms with Crippen LogP contribution in [0.5, 0.6) is 5.75 Å². The largest absolute Gasteiger partial charge is 0.496 e. The topological polar surface area (TPSA) is 98.8 Å². The van der Waals surface area contributed by atoms with E-state index in [-0.39, 0.29) is 16.9 Å². The van der Waals surface area contributed by atoms with E-state index in [1.807, 2.05) is 11.6 Å². The highest BCUT2D eigenvalue weighted by molar-refractivity contribution is 7.90. The number of benzene rings is 2. The molecular formula is C18H19NO6S. The maximum atomic E-state index is 12.5. The molecule has 0 radical (unpaired) electrons. The maximum absolute atomic E-state index is 12.5. The molecule has 138 valence electrons. The molecule has 0 spiro atoms. The van der Waals surface area contributed by atoms with E-state index in [9.17, 15) is 18.0 Å². The van der Waals surface area contributed by atoms with Crippen molar-refractivity contribution in [1.29, 1.82) is 0 Å². The molecule has 1 amide bonds. The summed E-state index contributed by atoms with van der Waals surface area (Å²) in [5.74, 6) is -0.925. The van der Waals surface area contributed by atoms with Crippen molar-refractivity contribution in [2.24, 2.45) is 0 Å². The number of amides is 1. The standard InChI is InChI=1S/C18H19NO6S/c1-12-8-9-13(10-15(12)24-2)11-17(20)19-26(22,23)16-7-5-4-6-14(16)18(21)25-3/h4-10H,11H2,1-3H3,(H,19,20). The van der Waals surface area contributed by atoms with Crippen molar-refractivity contribution in [2.45, 2.75) is 18.2 Å². The summed E-state index contributed by atoms with van der Waals surface area (Å²) < 4.78 is 36.7. The van der Waals surface area contributed by atoms with Gasteiger partial charge in [0.15, 0.2) is 0 Å². The molecule has 1 N–H and O–H groups in total. The zero-order chi connectivity index (χ0) is 19.3. The van der Waals surface area contributed by atoms with Crippen molar-refractivity contribution in [3.8, 4) is 5.75 Å². The van der Waals surface area contributed by atoms with Gasteiger partial charge in [0, 0.05) is 0 Å². The molecule has 0 fully saturated rings. The Morgan fingerprint density at radius 1 is 1.08 bits per heavy atom. The minimum atomic E-state index is -4.22. The Hall–Kier alpha value is -2.87. The first kappa shape index (κ1) is 19.5. The van der Waals surface area contributed by atoms with Crippen LogP contribution in [0.2, 0.25) is 0 Å². The smallest absolute Gasteiger partial charge is 0.339 e. The number of ether oxygens (including phenoxy) is 2. The highest BCUT2D eigenvalue weighted by atomic mass is 32.2. The SMILES string of the molecule is COC(=O)c1ccccc1S(=O)(=O)NC(=O)Cc1ccc(C)c(OC)c1. The molecule has 2 aromatic carbocycles. The molecule has 0 atom stereocenters. The molecule has 0 saturated heterocycles. The van der Waals surface area contributed by atoms with Crippen LogP contribution in [0.25, 0.3) is 0 Å². The lowest BCUT2D eigenvalue weighted by atomic mass is 10.1. The van der Waals surface area contributed by atoms with Gasteiger partial charge in [-0.2, -0.15) is 0 Å². The highest BCUT2D eigenvalue weighted by Gasteiger charge is 2.24. The third-order valence-electron chi connectivity index (χ3n) is 3.67. The van der Waals surface area contributed by atoms with Gasteiger partial charge < -0.3 is 9.47 Å². The van der Waals surface area contributed by atoms with Crippen LogP contribution in [0.1, 0.15) is 21.5 Å². The second-order valence-electron chi connectivity index (χ2n) is 5.50. The van der Waals surface area contributed by atoms with Crippen LogP contribution in [0, 0.1) is 6.92 Å². The Bertz CT molecular complexity index is 936. The first-order valence-corrected chi connectivity index (χ1v) is 9.13. The maximum Gasteiger partial charge on any atom is 0.339 e. The van der Waals surface area contributed by atoms with E-state index in [4.69, 9.17) is 4.74 Å². The number of methoxy groups -OCH3 is 2. The van der Waals surface area contributed by atoms with Crippen LogP contribution >= 0.6 is 0 Å². The molecule has 0 aliphatic rings. The summed E-state index contributed by atoms with van der Waals surface area (Å²) in [5.41, 5.74) is 1.35. The average molecular weight is 377 g/mol. The number of carbonyl (C=O) groups is 2. The molecule has 0 heterocycles. The van der Waals surface area contributed by atoms with Crippen molar-refractivity contribution in [3.05, 3.63) is 59.2 Å². The molecule has 0 unspecified atom stereocenters. The molecular weight excluding hydrogens is 358 g/mol. The van der Waals surface area contributed by atoms with Gasteiger partial charge in [0.2, 0.25) is 5.91 Å². The van der Waals surface area contributed by atoms with Gasteiger partial charge in [0.25, 0.3) is 10.0 Å². The lowest BCUT2D eigenvalue weighted by Crippen LogP contribution is -2.32. The second-order valence-corrected chi connectivity index (χ2v) is 7.15. The minimum Gasteiger partial charge on any atom is -0.496 e. The van der Waals surface area contributed by atoms with E-state index in [1.165, 1.54) is 31.4 Å². The summed E-state index contributed by atoms with van der Waals surface area (Å²) in [7, 11) is -1.56. The highest BCUT2D eigenvalue weighted by Crippen LogP contribution is 2.20. The first-order chi connectivity index (χ1) is 12.3. The van der Waals surface area contributed by atoms with Crippen molar-refractivity contribution in [1.82, 2.24) is 4.72 Å². The lowest BCUT2D eigenvalue weighted by Gasteiger charge is -2.11. The summed E-state index contributed by atoms with van der Waals surface area (Å²) in [5, 5.41) is 0. The van der Waals surface area contributed by atoms with E-state index in [1.54, 1.807) is 18.2 Å². The number of nitrogens with one attached hydrogen (secondary N) is 1. The van der Waals surface area contributed by atoms with E-state index in [0.717, 1.165) is 12.7 Å². The second kappa shape index (κ2) is 8.01. The van der Waals surface area contributed by atoms with Gasteiger partial charge in [-0.1, -0.05) is 24.3 Å². The summed E-state index contributed by atoms with van der Waals surface area (Å²) >= 11 is 0. The van der Waals surface area contributed by atoms with Crippen LogP contribution in [-0.2, 0) is 26.0 Å². The molecule has 0 aromatic heterocycles. The fourth-order valence-corrected chi connectivity index (χ4v) is 3.56. The average Bonchev–Trinajstić information content (AvgIpc) is 2.62. The number of rotatable bonds is 6.